The van der Waals surface area contributed by atoms with E-state index in [-0.39, 0.29) is 0 Å². The Kier molecular flexibility index (Phi) is 1.06. The van der Waals surface area contributed by atoms with E-state index >= 15 is 0 Å². The van der Waals surface area contributed by atoms with Crippen LogP contribution in [0, 0.1) is 12.5 Å². The maximum Gasteiger partial charge on any atom is 0.179 e. The van der Waals surface area contributed by atoms with E-state index in [0.717, 1.165) is 0 Å². The predicted octanol–water partition coefficient (Wildman–Crippen LogP) is 0.410. The normalized spacial score (nSPS) is 9.29. The predicted molar refractivity (Wildman–Crippen MR) is 21.0 cm³/mol. The van der Waals surface area contributed by atoms with E-state index in [1.54, 1.807) is 0 Å². The highest BCUT2D eigenvalue weighted by Crippen LogP contribution is 1.81. The first-order valence-corrected chi connectivity index (χ1v) is 1.80. The van der Waals surface area contributed by atoms with Crippen molar-refractivity contribution in [2.24, 2.45) is 0 Å². The molecule has 1 aromatic rings. The molecule has 1 rings (SSSR count). The summed E-state index contributed by atoms with van der Waals surface area (Å²) >= 11 is 0. The summed E-state index contributed by atoms with van der Waals surface area (Å²) in [5.74, 6) is 0. The molecule has 0 bridgehead atoms. The van der Waals surface area contributed by atoms with E-state index in [0.29, 0.717) is 0 Å². The molecule has 2 nitrogen and oxygen atoms in total. The van der Waals surface area contributed by atoms with Gasteiger partial charge in [-0.25, -0.2) is 9.37 Å². The molecule has 0 aromatic carbocycles. The standard InChI is InChI=1S/C4H3FN2/c5-3-7-2-1-6-4-7/h2H,3H2. The van der Waals surface area contributed by atoms with Gasteiger partial charge in [-0.2, -0.15) is 0 Å². The first-order chi connectivity index (χ1) is 3.43. The minimum Gasteiger partial charge on any atom is -0.299 e. The monoisotopic (exact) mass is 98.0 g/mol. The summed E-state index contributed by atoms with van der Waals surface area (Å²) < 4.78 is 12.6. The Bertz CT molecular complexity index is 124. The molecule has 2 radical (unpaired) electrons. The molecule has 0 N–H and O–H groups in total. The van der Waals surface area contributed by atoms with Crippen molar-refractivity contribution >= 4 is 0 Å². The second-order valence-corrected chi connectivity index (χ2v) is 1.06. The molecule has 36 valence electrons. The quantitative estimate of drug-likeness (QED) is 0.497. The van der Waals surface area contributed by atoms with E-state index < -0.39 is 6.80 Å². The Morgan fingerprint density at radius 3 is 3.00 bits per heavy atom. The van der Waals surface area contributed by atoms with Gasteiger partial charge in [0.15, 0.2) is 13.1 Å². The third-order valence-corrected chi connectivity index (χ3v) is 0.585. The van der Waals surface area contributed by atoms with Crippen LogP contribution in [0.1, 0.15) is 0 Å². The molecule has 0 fully saturated rings. The molecular formula is C4H3FN2. The molecular weight excluding hydrogens is 95.1 g/mol. The lowest BCUT2D eigenvalue weighted by Gasteiger charge is -1.83. The zero-order valence-corrected chi connectivity index (χ0v) is 3.56. The van der Waals surface area contributed by atoms with Crippen molar-refractivity contribution in [3.05, 3.63) is 18.7 Å². The molecule has 0 unspecified atom stereocenters. The lowest BCUT2D eigenvalue weighted by atomic mass is 10.9. The van der Waals surface area contributed by atoms with Gasteiger partial charge in [0.2, 0.25) is 0 Å². The minimum atomic E-state index is -0.573. The third kappa shape index (κ3) is 0.765. The zero-order chi connectivity index (χ0) is 5.11. The zero-order valence-electron chi connectivity index (χ0n) is 3.56. The first kappa shape index (κ1) is 4.30. The Hall–Kier alpha value is -0.860. The summed E-state index contributed by atoms with van der Waals surface area (Å²) in [6.45, 7) is -0.573. The van der Waals surface area contributed by atoms with Crippen molar-refractivity contribution in [1.29, 1.82) is 0 Å². The van der Waals surface area contributed by atoms with Crippen LogP contribution < -0.4 is 0 Å². The largest absolute Gasteiger partial charge is 0.299 e. The fourth-order valence-corrected chi connectivity index (χ4v) is 0.282. The van der Waals surface area contributed by atoms with E-state index in [9.17, 15) is 4.39 Å². The Balaban J connectivity index is 2.76. The average Bonchev–Trinajstić information content (AvgIpc) is 2.14. The Morgan fingerprint density at radius 1 is 1.86 bits per heavy atom. The molecule has 0 atom stereocenters. The topological polar surface area (TPSA) is 17.8 Å². The summed E-state index contributed by atoms with van der Waals surface area (Å²) in [5.41, 5.74) is 0. The van der Waals surface area contributed by atoms with Crippen molar-refractivity contribution in [2.45, 2.75) is 6.80 Å². The van der Waals surface area contributed by atoms with Crippen molar-refractivity contribution in [3.63, 3.8) is 0 Å². The van der Waals surface area contributed by atoms with Gasteiger partial charge in [0.25, 0.3) is 0 Å². The number of nitrogens with zero attached hydrogens (tertiary/aromatic N) is 2. The molecule has 1 heterocycles. The van der Waals surface area contributed by atoms with Crippen LogP contribution in [0.15, 0.2) is 6.20 Å². The van der Waals surface area contributed by atoms with Gasteiger partial charge in [-0.05, 0) is 0 Å². The van der Waals surface area contributed by atoms with Crippen LogP contribution in [0.2, 0.25) is 0 Å². The molecule has 0 saturated carbocycles. The minimum absolute atomic E-state index is 0.573. The second kappa shape index (κ2) is 1.73. The maximum atomic E-state index is 11.4. The third-order valence-electron chi connectivity index (χ3n) is 0.585. The smallest absolute Gasteiger partial charge is 0.179 e. The fourth-order valence-electron chi connectivity index (χ4n) is 0.282. The van der Waals surface area contributed by atoms with Gasteiger partial charge in [-0.1, -0.05) is 0 Å². The van der Waals surface area contributed by atoms with Crippen LogP contribution in [0.5, 0.6) is 0 Å². The van der Waals surface area contributed by atoms with E-state index in [1.807, 2.05) is 0 Å². The van der Waals surface area contributed by atoms with Crippen LogP contribution >= 0.6 is 0 Å². The SMILES string of the molecule is FCn1[c]n[c]c1. The summed E-state index contributed by atoms with van der Waals surface area (Å²) in [4.78, 5) is 3.37. The lowest BCUT2D eigenvalue weighted by Crippen LogP contribution is -1.85. The number of rotatable bonds is 1. The van der Waals surface area contributed by atoms with Gasteiger partial charge in [0, 0.05) is 6.20 Å². The van der Waals surface area contributed by atoms with Gasteiger partial charge in [-0.15, -0.1) is 0 Å². The summed E-state index contributed by atoms with van der Waals surface area (Å²) in [6.07, 6.45) is 6.11. The van der Waals surface area contributed by atoms with E-state index in [1.165, 1.54) is 10.8 Å². The van der Waals surface area contributed by atoms with E-state index in [2.05, 4.69) is 17.5 Å². The van der Waals surface area contributed by atoms with Crippen molar-refractivity contribution in [1.82, 2.24) is 9.55 Å². The second-order valence-electron chi connectivity index (χ2n) is 1.06. The molecule has 0 aliphatic carbocycles. The van der Waals surface area contributed by atoms with Gasteiger partial charge in [0.1, 0.15) is 6.20 Å². The summed E-state index contributed by atoms with van der Waals surface area (Å²) in [6, 6.07) is 0. The van der Waals surface area contributed by atoms with Crippen molar-refractivity contribution < 1.29 is 4.39 Å². The summed E-state index contributed by atoms with van der Waals surface area (Å²) in [7, 11) is 0. The number of hydrogen-bond donors (Lipinski definition) is 0. The molecule has 1 aromatic heterocycles. The molecule has 0 aliphatic heterocycles. The highest BCUT2D eigenvalue weighted by molar-refractivity contribution is 4.67. The molecule has 0 amide bonds. The fraction of sp³-hybridized carbons (Fsp3) is 0.250. The molecule has 0 spiro atoms. The number of halogens is 1. The van der Waals surface area contributed by atoms with Gasteiger partial charge >= 0.3 is 0 Å². The van der Waals surface area contributed by atoms with Crippen LogP contribution in [-0.2, 0) is 6.80 Å². The van der Waals surface area contributed by atoms with Gasteiger partial charge in [-0.3, -0.25) is 4.57 Å². The van der Waals surface area contributed by atoms with Crippen molar-refractivity contribution in [2.75, 3.05) is 0 Å². The number of hydrogen-bond acceptors (Lipinski definition) is 1. The molecule has 3 heteroatoms. The maximum absolute atomic E-state index is 11.4. The van der Waals surface area contributed by atoms with Gasteiger partial charge < -0.3 is 0 Å². The highest BCUT2D eigenvalue weighted by atomic mass is 19.1. The number of aromatic nitrogens is 2. The molecule has 0 saturated heterocycles. The van der Waals surface area contributed by atoms with Gasteiger partial charge in [0.05, 0.1) is 0 Å². The molecule has 7 heavy (non-hydrogen) atoms. The molecule has 0 aliphatic rings. The number of alkyl halides is 1. The average molecular weight is 98.1 g/mol. The number of imidazole rings is 1. The Labute approximate surface area is 40.6 Å². The van der Waals surface area contributed by atoms with Crippen LogP contribution in [0.3, 0.4) is 0 Å². The van der Waals surface area contributed by atoms with Crippen LogP contribution in [0.4, 0.5) is 4.39 Å². The van der Waals surface area contributed by atoms with Crippen LogP contribution in [-0.4, -0.2) is 9.55 Å². The van der Waals surface area contributed by atoms with Crippen LogP contribution in [0.25, 0.3) is 0 Å². The summed E-state index contributed by atoms with van der Waals surface area (Å²) in [5, 5.41) is 0. The lowest BCUT2D eigenvalue weighted by molar-refractivity contribution is 0.375. The highest BCUT2D eigenvalue weighted by Gasteiger charge is 1.82. The van der Waals surface area contributed by atoms with Crippen molar-refractivity contribution in [3.8, 4) is 0 Å². The Morgan fingerprint density at radius 2 is 2.71 bits per heavy atom. The first-order valence-electron chi connectivity index (χ1n) is 1.80. The van der Waals surface area contributed by atoms with E-state index in [4.69, 9.17) is 0 Å².